The van der Waals surface area contributed by atoms with E-state index in [-0.39, 0.29) is 107 Å². The number of nitrogens with one attached hydrogen (secondary N) is 1. The number of aliphatic hydroxyl groups excluding tert-OH is 1. The second-order valence-electron chi connectivity index (χ2n) is 7.35. The summed E-state index contributed by atoms with van der Waals surface area (Å²) in [6.07, 6.45) is 7.44. The SMILES string of the molecule is CCC/C=C/CC(=O)NCC[N+](CCO)(C(CCC)C(=O)[O-])C(CCC)C(=O)O.[K+]. The van der Waals surface area contributed by atoms with Gasteiger partial charge in [-0.2, -0.15) is 0 Å². The van der Waals surface area contributed by atoms with Gasteiger partial charge >= 0.3 is 57.4 Å². The van der Waals surface area contributed by atoms with Crippen molar-refractivity contribution in [1.29, 1.82) is 0 Å². The summed E-state index contributed by atoms with van der Waals surface area (Å²) >= 11 is 0. The maximum absolute atomic E-state index is 12.0. The molecular weight excluding hydrogens is 415 g/mol. The van der Waals surface area contributed by atoms with Crippen molar-refractivity contribution in [1.82, 2.24) is 5.32 Å². The van der Waals surface area contributed by atoms with Gasteiger partial charge in [0.05, 0.1) is 25.7 Å². The van der Waals surface area contributed by atoms with E-state index >= 15 is 0 Å². The van der Waals surface area contributed by atoms with Gasteiger partial charge in [-0.25, -0.2) is 4.79 Å². The number of aliphatic carboxylic acids is 2. The van der Waals surface area contributed by atoms with E-state index in [1.807, 2.05) is 26.8 Å². The number of amides is 1. The first-order valence-electron chi connectivity index (χ1n) is 10.6. The zero-order valence-electron chi connectivity index (χ0n) is 19.1. The van der Waals surface area contributed by atoms with Crippen LogP contribution < -0.4 is 61.8 Å². The smallest absolute Gasteiger partial charge is 0.544 e. The normalized spacial score (nSPS) is 15.1. The van der Waals surface area contributed by atoms with E-state index in [1.165, 1.54) is 0 Å². The Balaban J connectivity index is 0. The van der Waals surface area contributed by atoms with Crippen molar-refractivity contribution in [3.05, 3.63) is 12.2 Å². The Morgan fingerprint density at radius 2 is 1.60 bits per heavy atom. The molecular formula is C21H38KN2O6+. The molecule has 0 aromatic rings. The summed E-state index contributed by atoms with van der Waals surface area (Å²) in [5.74, 6) is -2.63. The predicted molar refractivity (Wildman–Crippen MR) is 109 cm³/mol. The van der Waals surface area contributed by atoms with Crippen LogP contribution in [-0.4, -0.2) is 70.9 Å². The quantitative estimate of drug-likeness (QED) is 0.131. The number of carboxylic acid groups (broad SMARTS) is 2. The second-order valence-corrected chi connectivity index (χ2v) is 7.35. The first-order chi connectivity index (χ1) is 13.8. The van der Waals surface area contributed by atoms with Crippen LogP contribution in [-0.2, 0) is 14.4 Å². The van der Waals surface area contributed by atoms with Crippen LogP contribution in [0.3, 0.4) is 0 Å². The van der Waals surface area contributed by atoms with Gasteiger partial charge in [-0.05, 0) is 12.8 Å². The molecule has 0 spiro atoms. The minimum atomic E-state index is -1.32. The van der Waals surface area contributed by atoms with Crippen molar-refractivity contribution in [2.24, 2.45) is 0 Å². The van der Waals surface area contributed by atoms with Gasteiger partial charge in [-0.3, -0.25) is 4.79 Å². The van der Waals surface area contributed by atoms with E-state index in [0.717, 1.165) is 12.8 Å². The molecule has 0 aromatic carbocycles. The van der Waals surface area contributed by atoms with Crippen molar-refractivity contribution in [2.45, 2.75) is 77.8 Å². The number of allylic oxidation sites excluding steroid dienone is 1. The van der Waals surface area contributed by atoms with Crippen molar-refractivity contribution < 1.29 is 85.6 Å². The largest absolute Gasteiger partial charge is 1.00 e. The third-order valence-corrected chi connectivity index (χ3v) is 5.21. The van der Waals surface area contributed by atoms with Crippen molar-refractivity contribution >= 4 is 17.8 Å². The van der Waals surface area contributed by atoms with E-state index in [9.17, 15) is 29.7 Å². The maximum atomic E-state index is 12.0. The molecule has 0 aliphatic heterocycles. The molecule has 30 heavy (non-hydrogen) atoms. The van der Waals surface area contributed by atoms with Crippen molar-refractivity contribution in [2.75, 3.05) is 26.2 Å². The Morgan fingerprint density at radius 1 is 1.00 bits per heavy atom. The molecule has 0 aliphatic rings. The second kappa shape index (κ2) is 18.3. The molecule has 8 nitrogen and oxygen atoms in total. The minimum absolute atomic E-state index is 0. The minimum Gasteiger partial charge on any atom is -0.544 e. The van der Waals surface area contributed by atoms with Gasteiger partial charge in [-0.15, -0.1) is 0 Å². The molecule has 3 unspecified atom stereocenters. The van der Waals surface area contributed by atoms with Gasteiger partial charge in [0.25, 0.3) is 0 Å². The van der Waals surface area contributed by atoms with Gasteiger partial charge in [-0.1, -0.05) is 45.8 Å². The molecule has 168 valence electrons. The number of unbranched alkanes of at least 4 members (excludes halogenated alkanes) is 1. The summed E-state index contributed by atoms with van der Waals surface area (Å²) in [4.78, 5) is 36.0. The molecule has 0 saturated carbocycles. The fourth-order valence-electron chi connectivity index (χ4n) is 3.82. The number of nitrogens with zero attached hydrogens (tertiary/aromatic N) is 1. The predicted octanol–water partition coefficient (Wildman–Crippen LogP) is -2.17. The average molecular weight is 454 g/mol. The molecule has 0 fully saturated rings. The average Bonchev–Trinajstić information content (AvgIpc) is 2.66. The van der Waals surface area contributed by atoms with Gasteiger partial charge in [0.15, 0.2) is 6.04 Å². The first-order valence-corrected chi connectivity index (χ1v) is 10.6. The summed E-state index contributed by atoms with van der Waals surface area (Å²) in [5.41, 5.74) is 0. The summed E-state index contributed by atoms with van der Waals surface area (Å²) in [6.45, 7) is 5.55. The Morgan fingerprint density at radius 3 is 2.07 bits per heavy atom. The molecule has 0 bridgehead atoms. The standard InChI is InChI=1S/C21H38N2O6.K/c1-4-7-8-9-12-19(25)22-13-14-23(15-16-24,17(10-5-2)20(26)27)18(11-6-3)21(28)29;/h8-9,17-18,24H,4-7,10-16H2,1-3H3,(H2-,22,25,26,27,28,29);/q;+1/b9-8+;. The summed E-state index contributed by atoms with van der Waals surface area (Å²) in [6, 6.07) is -2.07. The van der Waals surface area contributed by atoms with E-state index in [4.69, 9.17) is 0 Å². The number of carboxylic acids is 2. The van der Waals surface area contributed by atoms with E-state index < -0.39 is 24.0 Å². The molecule has 0 heterocycles. The van der Waals surface area contributed by atoms with Crippen LogP contribution >= 0.6 is 0 Å². The van der Waals surface area contributed by atoms with Crippen LogP contribution in [0.1, 0.15) is 65.7 Å². The maximum Gasteiger partial charge on any atom is 1.00 e. The van der Waals surface area contributed by atoms with Crippen LogP contribution in [0, 0.1) is 0 Å². The van der Waals surface area contributed by atoms with Gasteiger partial charge < -0.3 is 29.9 Å². The number of aliphatic hydroxyl groups is 1. The molecule has 3 N–H and O–H groups in total. The van der Waals surface area contributed by atoms with E-state index in [2.05, 4.69) is 5.32 Å². The molecule has 0 aromatic heterocycles. The van der Waals surface area contributed by atoms with Crippen LogP contribution in [0.15, 0.2) is 12.2 Å². The molecule has 3 atom stereocenters. The van der Waals surface area contributed by atoms with Crippen LogP contribution in [0.2, 0.25) is 0 Å². The zero-order chi connectivity index (χ0) is 22.3. The fourth-order valence-corrected chi connectivity index (χ4v) is 3.82. The third-order valence-electron chi connectivity index (χ3n) is 5.21. The number of quaternary nitrogens is 1. The van der Waals surface area contributed by atoms with Gasteiger partial charge in [0.1, 0.15) is 12.6 Å². The Labute approximate surface area is 223 Å². The Bertz CT molecular complexity index is 518. The monoisotopic (exact) mass is 453 g/mol. The van der Waals surface area contributed by atoms with Gasteiger partial charge in [0, 0.05) is 19.3 Å². The van der Waals surface area contributed by atoms with Crippen molar-refractivity contribution in [3.8, 4) is 0 Å². The number of hydrogen-bond donors (Lipinski definition) is 3. The summed E-state index contributed by atoms with van der Waals surface area (Å²) in [7, 11) is 0. The van der Waals surface area contributed by atoms with Gasteiger partial charge in [0.2, 0.25) is 5.91 Å². The number of rotatable bonds is 17. The molecule has 0 saturated heterocycles. The Kier molecular flexibility index (Phi) is 19.4. The third kappa shape index (κ3) is 10.8. The van der Waals surface area contributed by atoms with Crippen LogP contribution in [0.5, 0.6) is 0 Å². The molecule has 0 rings (SSSR count). The van der Waals surface area contributed by atoms with Crippen molar-refractivity contribution in [3.63, 3.8) is 0 Å². The molecule has 1 amide bonds. The Hall–Kier alpha value is -0.294. The topological polar surface area (TPSA) is 127 Å². The number of carbonyl (C=O) groups is 3. The van der Waals surface area contributed by atoms with Crippen LogP contribution in [0.4, 0.5) is 0 Å². The summed E-state index contributed by atoms with van der Waals surface area (Å²) in [5, 5.41) is 34.2. The fraction of sp³-hybridized carbons (Fsp3) is 0.762. The zero-order valence-corrected chi connectivity index (χ0v) is 22.2. The number of carbonyl (C=O) groups excluding carboxylic acids is 2. The molecule has 0 radical (unpaired) electrons. The van der Waals surface area contributed by atoms with E-state index in [0.29, 0.717) is 12.8 Å². The molecule has 9 heteroatoms. The van der Waals surface area contributed by atoms with E-state index in [1.54, 1.807) is 6.08 Å². The number of hydrogen-bond acceptors (Lipinski definition) is 5. The first kappa shape index (κ1) is 31.9. The summed E-state index contributed by atoms with van der Waals surface area (Å²) < 4.78 is -0.332. The molecule has 0 aliphatic carbocycles. The van der Waals surface area contributed by atoms with Crippen LogP contribution in [0.25, 0.3) is 0 Å².